The van der Waals surface area contributed by atoms with Gasteiger partial charge in [0.1, 0.15) is 0 Å². The molecule has 2 N–H and O–H groups in total. The van der Waals surface area contributed by atoms with Crippen molar-refractivity contribution < 1.29 is 14.4 Å². The van der Waals surface area contributed by atoms with E-state index in [9.17, 15) is 14.4 Å². The van der Waals surface area contributed by atoms with Crippen LogP contribution in [-0.4, -0.2) is 35.0 Å². The van der Waals surface area contributed by atoms with Crippen LogP contribution in [0.4, 0.5) is 5.69 Å². The van der Waals surface area contributed by atoms with Crippen LogP contribution in [0, 0.1) is 6.92 Å². The average Bonchev–Trinajstić information content (AvgIpc) is 3.38. The van der Waals surface area contributed by atoms with Gasteiger partial charge in [-0.25, -0.2) is 5.01 Å². The van der Waals surface area contributed by atoms with E-state index in [1.807, 2.05) is 67.6 Å². The molecule has 7 heteroatoms. The lowest BCUT2D eigenvalue weighted by Crippen LogP contribution is -2.27. The van der Waals surface area contributed by atoms with Crippen LogP contribution in [0.3, 0.4) is 0 Å². The van der Waals surface area contributed by atoms with Gasteiger partial charge in [0.05, 0.1) is 12.3 Å². The summed E-state index contributed by atoms with van der Waals surface area (Å²) in [6, 6.07) is 24.5. The molecule has 3 aromatic carbocycles. The van der Waals surface area contributed by atoms with Crippen LogP contribution in [0.25, 0.3) is 0 Å². The smallest absolute Gasteiger partial charge is 0.255 e. The summed E-state index contributed by atoms with van der Waals surface area (Å²) in [4.78, 5) is 37.2. The Balaban J connectivity index is 1.23. The molecule has 0 spiro atoms. The normalized spacial score (nSPS) is 12.7. The lowest BCUT2D eigenvalue weighted by Gasteiger charge is -2.12. The molecule has 4 rings (SSSR count). The fraction of sp³-hybridized carbons (Fsp3) is 0.214. The van der Waals surface area contributed by atoms with E-state index in [1.165, 1.54) is 5.01 Å². The maximum Gasteiger partial charge on any atom is 0.255 e. The molecule has 7 nitrogen and oxygen atoms in total. The van der Waals surface area contributed by atoms with Crippen molar-refractivity contribution in [2.45, 2.75) is 32.7 Å². The summed E-state index contributed by atoms with van der Waals surface area (Å²) in [5.41, 5.74) is 5.07. The number of benzene rings is 3. The standard InChI is InChI=1S/C28H28N4O3/c1-20-10-12-23(13-11-20)28(35)30-24-9-5-6-21(18-24)19-29-26(33)14-15-27(34)32-17-16-25(31-32)22-7-3-2-4-8-22/h2-13,18H,14-17,19H2,1H3,(H,29,33)(H,30,35). The lowest BCUT2D eigenvalue weighted by molar-refractivity contribution is -0.133. The molecular weight excluding hydrogens is 440 g/mol. The van der Waals surface area contributed by atoms with Gasteiger partial charge in [0.2, 0.25) is 11.8 Å². The molecule has 0 radical (unpaired) electrons. The van der Waals surface area contributed by atoms with E-state index in [1.54, 1.807) is 18.2 Å². The molecule has 0 atom stereocenters. The van der Waals surface area contributed by atoms with Crippen LogP contribution >= 0.6 is 0 Å². The first-order chi connectivity index (χ1) is 17.0. The number of aryl methyl sites for hydroxylation is 1. The molecule has 0 saturated heterocycles. The number of rotatable bonds is 8. The van der Waals surface area contributed by atoms with Crippen molar-refractivity contribution in [1.82, 2.24) is 10.3 Å². The van der Waals surface area contributed by atoms with E-state index >= 15 is 0 Å². The van der Waals surface area contributed by atoms with Crippen LogP contribution in [-0.2, 0) is 16.1 Å². The second kappa shape index (κ2) is 11.2. The highest BCUT2D eigenvalue weighted by Gasteiger charge is 2.21. The lowest BCUT2D eigenvalue weighted by atomic mass is 10.1. The molecule has 1 aliphatic heterocycles. The van der Waals surface area contributed by atoms with E-state index in [0.717, 1.165) is 22.4 Å². The topological polar surface area (TPSA) is 90.9 Å². The van der Waals surface area contributed by atoms with E-state index < -0.39 is 0 Å². The number of carbonyl (C=O) groups excluding carboxylic acids is 3. The molecule has 0 fully saturated rings. The Morgan fingerprint density at radius 1 is 0.914 bits per heavy atom. The zero-order chi connectivity index (χ0) is 24.6. The number of anilines is 1. The molecule has 1 heterocycles. The van der Waals surface area contributed by atoms with E-state index in [2.05, 4.69) is 15.7 Å². The number of hydrogen-bond acceptors (Lipinski definition) is 4. The Labute approximate surface area is 204 Å². The largest absolute Gasteiger partial charge is 0.352 e. The third-order valence-electron chi connectivity index (χ3n) is 5.75. The molecule has 0 aromatic heterocycles. The fourth-order valence-corrected chi connectivity index (χ4v) is 3.78. The van der Waals surface area contributed by atoms with Gasteiger partial charge in [0.25, 0.3) is 5.91 Å². The summed E-state index contributed by atoms with van der Waals surface area (Å²) >= 11 is 0. The number of hydrazone groups is 1. The van der Waals surface area contributed by atoms with Crippen molar-refractivity contribution in [2.75, 3.05) is 11.9 Å². The van der Waals surface area contributed by atoms with Gasteiger partial charge in [-0.3, -0.25) is 14.4 Å². The molecule has 178 valence electrons. The van der Waals surface area contributed by atoms with E-state index in [0.29, 0.717) is 30.8 Å². The first-order valence-corrected chi connectivity index (χ1v) is 11.6. The van der Waals surface area contributed by atoms with Gasteiger partial charge < -0.3 is 10.6 Å². The monoisotopic (exact) mass is 468 g/mol. The maximum absolute atomic E-state index is 12.5. The van der Waals surface area contributed by atoms with Crippen molar-refractivity contribution in [3.05, 3.63) is 101 Å². The molecule has 3 aromatic rings. The van der Waals surface area contributed by atoms with Crippen molar-refractivity contribution in [1.29, 1.82) is 0 Å². The van der Waals surface area contributed by atoms with Crippen molar-refractivity contribution in [3.8, 4) is 0 Å². The maximum atomic E-state index is 12.5. The van der Waals surface area contributed by atoms with E-state index in [4.69, 9.17) is 0 Å². The van der Waals surface area contributed by atoms with Gasteiger partial charge in [0.15, 0.2) is 0 Å². The van der Waals surface area contributed by atoms with Crippen molar-refractivity contribution in [3.63, 3.8) is 0 Å². The minimum atomic E-state index is -0.209. The first kappa shape index (κ1) is 23.9. The molecule has 3 amide bonds. The van der Waals surface area contributed by atoms with Crippen LogP contribution in [0.2, 0.25) is 0 Å². The van der Waals surface area contributed by atoms with Gasteiger partial charge in [-0.2, -0.15) is 5.10 Å². The first-order valence-electron chi connectivity index (χ1n) is 11.6. The molecule has 35 heavy (non-hydrogen) atoms. The highest BCUT2D eigenvalue weighted by Crippen LogP contribution is 2.16. The summed E-state index contributed by atoms with van der Waals surface area (Å²) in [5.74, 6) is -0.560. The highest BCUT2D eigenvalue weighted by atomic mass is 16.2. The molecular formula is C28H28N4O3. The summed E-state index contributed by atoms with van der Waals surface area (Å²) in [7, 11) is 0. The quantitative estimate of drug-likeness (QED) is 0.517. The Morgan fingerprint density at radius 2 is 1.69 bits per heavy atom. The zero-order valence-corrected chi connectivity index (χ0v) is 19.7. The van der Waals surface area contributed by atoms with Crippen molar-refractivity contribution >= 4 is 29.1 Å². The minimum Gasteiger partial charge on any atom is -0.352 e. The number of nitrogens with one attached hydrogen (secondary N) is 2. The van der Waals surface area contributed by atoms with Gasteiger partial charge in [-0.15, -0.1) is 0 Å². The Hall–Kier alpha value is -4.26. The molecule has 0 bridgehead atoms. The average molecular weight is 469 g/mol. The zero-order valence-electron chi connectivity index (χ0n) is 19.7. The summed E-state index contributed by atoms with van der Waals surface area (Å²) in [5, 5.41) is 11.6. The molecule has 1 aliphatic rings. The highest BCUT2D eigenvalue weighted by molar-refractivity contribution is 6.04. The predicted octanol–water partition coefficient (Wildman–Crippen LogP) is 4.28. The minimum absolute atomic E-state index is 0.0926. The third-order valence-corrected chi connectivity index (χ3v) is 5.75. The summed E-state index contributed by atoms with van der Waals surface area (Å²) < 4.78 is 0. The second-order valence-corrected chi connectivity index (χ2v) is 8.48. The number of carbonyl (C=O) groups is 3. The number of hydrogen-bond donors (Lipinski definition) is 2. The number of nitrogens with zero attached hydrogens (tertiary/aromatic N) is 2. The van der Waals surface area contributed by atoms with Crippen molar-refractivity contribution in [2.24, 2.45) is 5.10 Å². The van der Waals surface area contributed by atoms with Crippen LogP contribution in [0.15, 0.2) is 84.0 Å². The molecule has 0 saturated carbocycles. The Bertz CT molecular complexity index is 1240. The van der Waals surface area contributed by atoms with Crippen LogP contribution in [0.1, 0.15) is 46.3 Å². The van der Waals surface area contributed by atoms with E-state index in [-0.39, 0.29) is 30.6 Å². The summed E-state index contributed by atoms with van der Waals surface area (Å²) in [6.07, 6.45) is 0.901. The molecule has 0 unspecified atom stereocenters. The van der Waals surface area contributed by atoms with Gasteiger partial charge in [0, 0.05) is 37.1 Å². The Morgan fingerprint density at radius 3 is 2.46 bits per heavy atom. The SMILES string of the molecule is Cc1ccc(C(=O)Nc2cccc(CNC(=O)CCC(=O)N3CCC(c4ccccc4)=N3)c2)cc1. The summed E-state index contributed by atoms with van der Waals surface area (Å²) in [6.45, 7) is 2.81. The van der Waals surface area contributed by atoms with Gasteiger partial charge in [-0.05, 0) is 42.3 Å². The third kappa shape index (κ3) is 6.63. The second-order valence-electron chi connectivity index (χ2n) is 8.48. The Kier molecular flexibility index (Phi) is 7.67. The van der Waals surface area contributed by atoms with Gasteiger partial charge in [-0.1, -0.05) is 60.2 Å². The predicted molar refractivity (Wildman–Crippen MR) is 136 cm³/mol. The molecule has 0 aliphatic carbocycles. The van der Waals surface area contributed by atoms with Crippen LogP contribution < -0.4 is 10.6 Å². The number of amides is 3. The fourth-order valence-electron chi connectivity index (χ4n) is 3.78. The van der Waals surface area contributed by atoms with Gasteiger partial charge >= 0.3 is 0 Å². The van der Waals surface area contributed by atoms with Crippen LogP contribution in [0.5, 0.6) is 0 Å².